The minimum absolute atomic E-state index is 0.564. The average Bonchev–Trinajstić information content (AvgIpc) is 2.92. The van der Waals surface area contributed by atoms with Crippen molar-refractivity contribution in [1.29, 1.82) is 0 Å². The summed E-state index contributed by atoms with van der Waals surface area (Å²) in [6.45, 7) is 11.5. The molecule has 0 amide bonds. The summed E-state index contributed by atoms with van der Waals surface area (Å²) < 4.78 is 1.94. The zero-order valence-electron chi connectivity index (χ0n) is 14.4. The maximum Gasteiger partial charge on any atom is 0.0870 e. The van der Waals surface area contributed by atoms with Gasteiger partial charge in [-0.05, 0) is 45.2 Å². The highest BCUT2D eigenvalue weighted by Crippen LogP contribution is 2.12. The molecule has 0 saturated heterocycles. The minimum atomic E-state index is 0.564. The van der Waals surface area contributed by atoms with Crippen LogP contribution in [-0.4, -0.2) is 28.1 Å². The van der Waals surface area contributed by atoms with Crippen LogP contribution in [0.15, 0.2) is 42.7 Å². The van der Waals surface area contributed by atoms with E-state index in [1.807, 2.05) is 49.2 Å². The number of aromatic nitrogens is 3. The Morgan fingerprint density at radius 3 is 2.86 bits per heavy atom. The van der Waals surface area contributed by atoms with E-state index in [0.29, 0.717) is 12.0 Å². The zero-order chi connectivity index (χ0) is 16.4. The van der Waals surface area contributed by atoms with Crippen LogP contribution in [0.2, 0.25) is 0 Å². The van der Waals surface area contributed by atoms with E-state index in [1.165, 1.54) is 6.42 Å². The fourth-order valence-corrected chi connectivity index (χ4v) is 2.32. The molecule has 0 fully saturated rings. The highest BCUT2D eigenvalue weighted by molar-refractivity contribution is 5.23. The van der Waals surface area contributed by atoms with Crippen molar-refractivity contribution < 1.29 is 0 Å². The molecular weight excluding hydrogens is 272 g/mol. The molecule has 1 N–H and O–H groups in total. The minimum Gasteiger partial charge on any atom is -0.317 e. The number of aryl methyl sites for hydroxylation is 1. The van der Waals surface area contributed by atoms with E-state index in [2.05, 4.69) is 36.1 Å². The van der Waals surface area contributed by atoms with Gasteiger partial charge in [0.2, 0.25) is 0 Å². The molecular formula is C18H30N4. The number of rotatable bonds is 10. The molecule has 0 aromatic carbocycles. The summed E-state index contributed by atoms with van der Waals surface area (Å²) in [6.07, 6.45) is 13.1. The van der Waals surface area contributed by atoms with Gasteiger partial charge < -0.3 is 5.32 Å². The SMILES string of the molecule is C=C(C=CC=CC)Cc1cn(CCC(C)CC(C)NC)nn1. The highest BCUT2D eigenvalue weighted by Gasteiger charge is 2.08. The predicted octanol–water partition coefficient (Wildman–Crippen LogP) is 3.53. The first-order valence-electron chi connectivity index (χ1n) is 8.08. The second kappa shape index (κ2) is 10.1. The molecule has 1 rings (SSSR count). The van der Waals surface area contributed by atoms with Crippen molar-refractivity contribution in [2.75, 3.05) is 7.05 Å². The Morgan fingerprint density at radius 1 is 1.41 bits per heavy atom. The van der Waals surface area contributed by atoms with Crippen molar-refractivity contribution in [2.45, 2.75) is 52.6 Å². The van der Waals surface area contributed by atoms with E-state index in [1.54, 1.807) is 0 Å². The molecule has 4 nitrogen and oxygen atoms in total. The monoisotopic (exact) mass is 302 g/mol. The summed E-state index contributed by atoms with van der Waals surface area (Å²) in [6, 6.07) is 0.564. The van der Waals surface area contributed by atoms with E-state index < -0.39 is 0 Å². The number of hydrogen-bond donors (Lipinski definition) is 1. The van der Waals surface area contributed by atoms with E-state index in [-0.39, 0.29) is 0 Å². The van der Waals surface area contributed by atoms with Gasteiger partial charge in [-0.15, -0.1) is 5.10 Å². The lowest BCUT2D eigenvalue weighted by atomic mass is 9.99. The third-order valence-corrected chi connectivity index (χ3v) is 3.73. The van der Waals surface area contributed by atoms with Crippen LogP contribution in [0.5, 0.6) is 0 Å². The molecule has 1 aromatic rings. The molecule has 1 aromatic heterocycles. The Bertz CT molecular complexity index is 499. The van der Waals surface area contributed by atoms with Gasteiger partial charge in [0.25, 0.3) is 0 Å². The third kappa shape index (κ3) is 7.36. The lowest BCUT2D eigenvalue weighted by Crippen LogP contribution is -2.24. The predicted molar refractivity (Wildman–Crippen MR) is 93.7 cm³/mol. The van der Waals surface area contributed by atoms with Gasteiger partial charge in [-0.1, -0.05) is 43.0 Å². The van der Waals surface area contributed by atoms with Crippen molar-refractivity contribution in [1.82, 2.24) is 20.3 Å². The van der Waals surface area contributed by atoms with E-state index >= 15 is 0 Å². The topological polar surface area (TPSA) is 42.7 Å². The molecule has 0 saturated carbocycles. The molecule has 2 unspecified atom stereocenters. The second-order valence-corrected chi connectivity index (χ2v) is 6.01. The van der Waals surface area contributed by atoms with Crippen LogP contribution in [0, 0.1) is 5.92 Å². The fraction of sp³-hybridized carbons (Fsp3) is 0.556. The Hall–Kier alpha value is -1.68. The van der Waals surface area contributed by atoms with E-state index in [9.17, 15) is 0 Å². The van der Waals surface area contributed by atoms with Crippen molar-refractivity contribution >= 4 is 0 Å². The third-order valence-electron chi connectivity index (χ3n) is 3.73. The van der Waals surface area contributed by atoms with Crippen LogP contribution in [0.3, 0.4) is 0 Å². The lowest BCUT2D eigenvalue weighted by molar-refractivity contribution is 0.386. The first kappa shape index (κ1) is 18.4. The summed E-state index contributed by atoms with van der Waals surface area (Å²) in [5.41, 5.74) is 2.02. The van der Waals surface area contributed by atoms with Crippen molar-refractivity contribution in [3.63, 3.8) is 0 Å². The van der Waals surface area contributed by atoms with E-state index in [0.717, 1.165) is 30.7 Å². The smallest absolute Gasteiger partial charge is 0.0870 e. The van der Waals surface area contributed by atoms with Crippen LogP contribution < -0.4 is 5.32 Å². The second-order valence-electron chi connectivity index (χ2n) is 6.01. The first-order chi connectivity index (χ1) is 10.5. The molecule has 0 radical (unpaired) electrons. The Kier molecular flexibility index (Phi) is 8.44. The van der Waals surface area contributed by atoms with Gasteiger partial charge in [0, 0.05) is 25.2 Å². The van der Waals surface area contributed by atoms with Crippen LogP contribution in [-0.2, 0) is 13.0 Å². The van der Waals surface area contributed by atoms with Crippen molar-refractivity contribution in [3.8, 4) is 0 Å². The number of nitrogens with one attached hydrogen (secondary N) is 1. The first-order valence-corrected chi connectivity index (χ1v) is 8.08. The number of nitrogens with zero attached hydrogens (tertiary/aromatic N) is 3. The zero-order valence-corrected chi connectivity index (χ0v) is 14.4. The molecule has 0 aliphatic rings. The van der Waals surface area contributed by atoms with E-state index in [4.69, 9.17) is 0 Å². The summed E-state index contributed by atoms with van der Waals surface area (Å²) >= 11 is 0. The summed E-state index contributed by atoms with van der Waals surface area (Å²) in [5.74, 6) is 0.675. The Balaban J connectivity index is 2.39. The van der Waals surface area contributed by atoms with Crippen LogP contribution in [0.1, 0.15) is 39.3 Å². The standard InChI is InChI=1S/C18H30N4/c1-6-7-8-9-15(2)13-18-14-22(21-20-18)11-10-16(3)12-17(4)19-5/h6-9,14,16-17,19H,2,10-13H2,1,3-5H3. The van der Waals surface area contributed by atoms with Gasteiger partial charge in [-0.3, -0.25) is 4.68 Å². The molecule has 2 atom stereocenters. The molecule has 0 bridgehead atoms. The highest BCUT2D eigenvalue weighted by atomic mass is 15.4. The van der Waals surface area contributed by atoms with Crippen LogP contribution in [0.25, 0.3) is 0 Å². The number of hydrogen-bond acceptors (Lipinski definition) is 3. The van der Waals surface area contributed by atoms with Crippen molar-refractivity contribution in [3.05, 3.63) is 48.3 Å². The van der Waals surface area contributed by atoms with Crippen molar-refractivity contribution in [2.24, 2.45) is 5.92 Å². The summed E-state index contributed by atoms with van der Waals surface area (Å²) in [4.78, 5) is 0. The maximum absolute atomic E-state index is 4.23. The maximum atomic E-state index is 4.23. The quantitative estimate of drug-likeness (QED) is 0.672. The molecule has 0 aliphatic carbocycles. The number of allylic oxidation sites excluding steroid dienone is 5. The van der Waals surface area contributed by atoms with Gasteiger partial charge in [-0.25, -0.2) is 0 Å². The molecule has 122 valence electrons. The summed E-state index contributed by atoms with van der Waals surface area (Å²) in [5, 5.41) is 11.7. The molecule has 0 aliphatic heterocycles. The molecule has 22 heavy (non-hydrogen) atoms. The van der Waals surface area contributed by atoms with Gasteiger partial charge in [0.15, 0.2) is 0 Å². The van der Waals surface area contributed by atoms with Gasteiger partial charge in [-0.2, -0.15) is 0 Å². The molecule has 1 heterocycles. The van der Waals surface area contributed by atoms with Gasteiger partial charge in [0.05, 0.1) is 5.69 Å². The lowest BCUT2D eigenvalue weighted by Gasteiger charge is -2.16. The average molecular weight is 302 g/mol. The molecule has 4 heteroatoms. The summed E-state index contributed by atoms with van der Waals surface area (Å²) in [7, 11) is 2.01. The Morgan fingerprint density at radius 2 is 2.18 bits per heavy atom. The van der Waals surface area contributed by atoms with Crippen LogP contribution in [0.4, 0.5) is 0 Å². The van der Waals surface area contributed by atoms with Gasteiger partial charge in [0.1, 0.15) is 0 Å². The van der Waals surface area contributed by atoms with Gasteiger partial charge >= 0.3 is 0 Å². The largest absolute Gasteiger partial charge is 0.317 e. The fourth-order valence-electron chi connectivity index (χ4n) is 2.32. The molecule has 0 spiro atoms. The van der Waals surface area contributed by atoms with Crippen LogP contribution >= 0.6 is 0 Å². The normalized spacial score (nSPS) is 14.7. The Labute approximate surface area is 135 Å².